The molecule has 0 heterocycles. The molecule has 10 nitrogen and oxygen atoms in total. The van der Waals surface area contributed by atoms with Crippen LogP contribution < -0.4 is 16.0 Å². The number of carbonyl (C=O) groups is 4. The van der Waals surface area contributed by atoms with Crippen LogP contribution in [0.25, 0.3) is 0 Å². The molecule has 0 radical (unpaired) electrons. The second-order valence-electron chi connectivity index (χ2n) is 6.74. The van der Waals surface area contributed by atoms with E-state index in [0.29, 0.717) is 19.3 Å². The maximum absolute atomic E-state index is 12.5. The first-order valence-corrected chi connectivity index (χ1v) is 9.51. The van der Waals surface area contributed by atoms with E-state index in [9.17, 15) is 24.3 Å². The molecule has 0 aromatic rings. The zero-order valence-corrected chi connectivity index (χ0v) is 15.8. The molecule has 2 amide bonds. The first kappa shape index (κ1) is 23.3. The maximum Gasteiger partial charge on any atom is 0.322 e. The highest BCUT2D eigenvalue weighted by Crippen LogP contribution is 2.18. The predicted octanol–water partition coefficient (Wildman–Crippen LogP) is 0.640. The van der Waals surface area contributed by atoms with Crippen LogP contribution in [0.1, 0.15) is 57.8 Å². The van der Waals surface area contributed by atoms with E-state index >= 15 is 0 Å². The molecule has 1 aliphatic rings. The van der Waals surface area contributed by atoms with Gasteiger partial charge in [-0.15, -0.1) is 0 Å². The summed E-state index contributed by atoms with van der Waals surface area (Å²) in [6, 6.07) is -0.0904. The Kier molecular flexibility index (Phi) is 10.4. The normalized spacial score (nSPS) is 15.3. The van der Waals surface area contributed by atoms with Crippen molar-refractivity contribution in [2.75, 3.05) is 13.1 Å². The lowest BCUT2D eigenvalue weighted by molar-refractivity contribution is -0.137. The molecule has 158 valence electrons. The Hall–Kier alpha value is -2.78. The fourth-order valence-corrected chi connectivity index (χ4v) is 2.94. The van der Waals surface area contributed by atoms with Gasteiger partial charge in [0.2, 0.25) is 5.88 Å². The summed E-state index contributed by atoms with van der Waals surface area (Å²) in [6.07, 6.45) is 6.21. The van der Waals surface area contributed by atoms with Crippen LogP contribution >= 0.6 is 0 Å². The van der Waals surface area contributed by atoms with E-state index in [1.165, 1.54) is 0 Å². The number of carboxylic acids is 2. The lowest BCUT2D eigenvalue weighted by atomic mass is 9.95. The Balaban J connectivity index is 2.66. The average Bonchev–Trinajstić information content (AvgIpc) is 2.63. The molecule has 1 aliphatic carbocycles. The van der Waals surface area contributed by atoms with E-state index in [1.54, 1.807) is 0 Å². The van der Waals surface area contributed by atoms with Crippen molar-refractivity contribution < 1.29 is 34.5 Å². The fraction of sp³-hybridized carbons (Fsp3) is 0.667. The molecule has 0 aromatic heterocycles. The number of nitrogens with one attached hydrogen (secondary N) is 3. The number of aliphatic carboxylic acids is 2. The Labute approximate surface area is 163 Å². The van der Waals surface area contributed by atoms with E-state index in [1.807, 2.05) is 0 Å². The molecule has 1 saturated carbocycles. The third-order valence-corrected chi connectivity index (χ3v) is 4.39. The summed E-state index contributed by atoms with van der Waals surface area (Å²) in [6.45, 7) is -0.445. The smallest absolute Gasteiger partial charge is 0.322 e. The lowest BCUT2D eigenvalue weighted by Crippen LogP contribution is -2.43. The standard InChI is InChI=1S/C18H29N3O7/c22-13(23)9-5-2-6-10-19-16(26)15(17(27)20-11-14(24)25)18(28)21-12-7-3-1-4-8-12/h12,20,27H,1-11H2,(H,19,26)(H,21,28)(H,22,23)(H,24,25). The van der Waals surface area contributed by atoms with Gasteiger partial charge in [0.05, 0.1) is 0 Å². The van der Waals surface area contributed by atoms with Crippen LogP contribution in [0.3, 0.4) is 0 Å². The van der Waals surface area contributed by atoms with Gasteiger partial charge >= 0.3 is 11.9 Å². The van der Waals surface area contributed by atoms with Gasteiger partial charge in [0.25, 0.3) is 11.8 Å². The topological polar surface area (TPSA) is 165 Å². The van der Waals surface area contributed by atoms with Gasteiger partial charge in [0, 0.05) is 19.0 Å². The summed E-state index contributed by atoms with van der Waals surface area (Å²) >= 11 is 0. The van der Waals surface area contributed by atoms with Crippen molar-refractivity contribution in [3.05, 3.63) is 11.5 Å². The zero-order chi connectivity index (χ0) is 20.9. The second-order valence-corrected chi connectivity index (χ2v) is 6.74. The SMILES string of the molecule is O=C(O)CCCCCNC(=O)C(C(=O)NC1CCCCC1)=C(O)NCC(=O)O. The van der Waals surface area contributed by atoms with Crippen LogP contribution in [-0.2, 0) is 19.2 Å². The molecule has 1 fully saturated rings. The summed E-state index contributed by atoms with van der Waals surface area (Å²) < 4.78 is 0. The molecule has 1 rings (SSSR count). The van der Waals surface area contributed by atoms with Crippen molar-refractivity contribution in [1.29, 1.82) is 0 Å². The molecule has 0 unspecified atom stereocenters. The largest absolute Gasteiger partial charge is 0.494 e. The second kappa shape index (κ2) is 12.6. The number of unbranched alkanes of at least 4 members (excludes halogenated alkanes) is 2. The predicted molar refractivity (Wildman–Crippen MR) is 99.4 cm³/mol. The van der Waals surface area contributed by atoms with Crippen LogP contribution in [0.15, 0.2) is 11.5 Å². The van der Waals surface area contributed by atoms with Crippen LogP contribution in [-0.4, -0.2) is 58.2 Å². The van der Waals surface area contributed by atoms with Crippen LogP contribution in [0.5, 0.6) is 0 Å². The van der Waals surface area contributed by atoms with Gasteiger partial charge in [0.15, 0.2) is 5.57 Å². The van der Waals surface area contributed by atoms with Gasteiger partial charge in [-0.3, -0.25) is 19.2 Å². The Morgan fingerprint density at radius 3 is 2.07 bits per heavy atom. The number of amides is 2. The molecular weight excluding hydrogens is 370 g/mol. The molecule has 0 bridgehead atoms. The van der Waals surface area contributed by atoms with Crippen molar-refractivity contribution >= 4 is 23.8 Å². The Morgan fingerprint density at radius 1 is 0.786 bits per heavy atom. The highest BCUT2D eigenvalue weighted by atomic mass is 16.4. The molecule has 10 heteroatoms. The van der Waals surface area contributed by atoms with Gasteiger partial charge in [-0.2, -0.15) is 0 Å². The van der Waals surface area contributed by atoms with Crippen molar-refractivity contribution in [1.82, 2.24) is 16.0 Å². The molecule has 0 spiro atoms. The molecule has 0 aliphatic heterocycles. The maximum atomic E-state index is 12.5. The number of hydrogen-bond acceptors (Lipinski definition) is 6. The minimum atomic E-state index is -1.25. The molecule has 28 heavy (non-hydrogen) atoms. The van der Waals surface area contributed by atoms with Gasteiger partial charge < -0.3 is 31.3 Å². The van der Waals surface area contributed by atoms with E-state index in [-0.39, 0.29) is 19.0 Å². The van der Waals surface area contributed by atoms with Gasteiger partial charge in [0.1, 0.15) is 6.54 Å². The van der Waals surface area contributed by atoms with Crippen molar-refractivity contribution in [3.63, 3.8) is 0 Å². The average molecular weight is 399 g/mol. The third-order valence-electron chi connectivity index (χ3n) is 4.39. The van der Waals surface area contributed by atoms with Gasteiger partial charge in [-0.05, 0) is 25.7 Å². The van der Waals surface area contributed by atoms with E-state index in [2.05, 4.69) is 16.0 Å². The molecular formula is C18H29N3O7. The van der Waals surface area contributed by atoms with E-state index < -0.39 is 41.8 Å². The third kappa shape index (κ3) is 9.24. The molecule has 0 aromatic carbocycles. The fourth-order valence-electron chi connectivity index (χ4n) is 2.94. The highest BCUT2D eigenvalue weighted by molar-refractivity contribution is 6.18. The summed E-state index contributed by atoms with van der Waals surface area (Å²) in [7, 11) is 0. The zero-order valence-electron chi connectivity index (χ0n) is 15.8. The summed E-state index contributed by atoms with van der Waals surface area (Å²) in [5.41, 5.74) is -0.558. The monoisotopic (exact) mass is 399 g/mol. The minimum absolute atomic E-state index is 0.0444. The lowest BCUT2D eigenvalue weighted by Gasteiger charge is -2.23. The number of hydrogen-bond donors (Lipinski definition) is 6. The van der Waals surface area contributed by atoms with Crippen molar-refractivity contribution in [2.45, 2.75) is 63.8 Å². The van der Waals surface area contributed by atoms with Gasteiger partial charge in [-0.25, -0.2) is 0 Å². The number of rotatable bonds is 12. The van der Waals surface area contributed by atoms with Crippen LogP contribution in [0.4, 0.5) is 0 Å². The number of carbonyl (C=O) groups excluding carboxylic acids is 2. The molecule has 0 atom stereocenters. The first-order chi connectivity index (χ1) is 13.3. The Morgan fingerprint density at radius 2 is 1.46 bits per heavy atom. The quantitative estimate of drug-likeness (QED) is 0.0914. The first-order valence-electron chi connectivity index (χ1n) is 9.51. The van der Waals surface area contributed by atoms with Crippen molar-refractivity contribution in [3.8, 4) is 0 Å². The highest BCUT2D eigenvalue weighted by Gasteiger charge is 2.26. The van der Waals surface area contributed by atoms with E-state index in [0.717, 1.165) is 32.1 Å². The molecule has 6 N–H and O–H groups in total. The minimum Gasteiger partial charge on any atom is -0.494 e. The molecule has 0 saturated heterocycles. The van der Waals surface area contributed by atoms with E-state index in [4.69, 9.17) is 10.2 Å². The number of aliphatic hydroxyl groups is 1. The van der Waals surface area contributed by atoms with Crippen LogP contribution in [0.2, 0.25) is 0 Å². The summed E-state index contributed by atoms with van der Waals surface area (Å²) in [4.78, 5) is 46.0. The van der Waals surface area contributed by atoms with Gasteiger partial charge in [-0.1, -0.05) is 25.7 Å². The summed E-state index contributed by atoms with van der Waals surface area (Å²) in [5.74, 6) is -4.51. The summed E-state index contributed by atoms with van der Waals surface area (Å²) in [5, 5.41) is 34.7. The Bertz CT molecular complexity index is 598. The number of aliphatic hydroxyl groups excluding tert-OH is 1. The van der Waals surface area contributed by atoms with Crippen molar-refractivity contribution in [2.24, 2.45) is 0 Å². The number of carboxylic acid groups (broad SMARTS) is 2. The van der Waals surface area contributed by atoms with Crippen LogP contribution in [0, 0.1) is 0 Å².